The van der Waals surface area contributed by atoms with Crippen LogP contribution in [-0.2, 0) is 17.8 Å². The Kier molecular flexibility index (Phi) is 7.97. The summed E-state index contributed by atoms with van der Waals surface area (Å²) in [7, 11) is 5.65. The summed E-state index contributed by atoms with van der Waals surface area (Å²) in [5.74, 6) is 1.47. The van der Waals surface area contributed by atoms with Crippen molar-refractivity contribution in [3.05, 3.63) is 64.9 Å². The molecule has 164 valence electrons. The molecule has 0 aliphatic carbocycles. The molecule has 1 heterocycles. The first-order valence-electron chi connectivity index (χ1n) is 10.2. The molecule has 0 saturated carbocycles. The highest BCUT2D eigenvalue weighted by atomic mass is 32.1. The molecule has 3 aromatic rings. The summed E-state index contributed by atoms with van der Waals surface area (Å²) < 4.78 is 7.56. The number of carbonyl (C=O) groups excluding carboxylic acids is 1. The molecule has 8 heteroatoms. The van der Waals surface area contributed by atoms with Gasteiger partial charge in [0, 0.05) is 31.1 Å². The van der Waals surface area contributed by atoms with Gasteiger partial charge < -0.3 is 15.0 Å². The van der Waals surface area contributed by atoms with Gasteiger partial charge in [-0.25, -0.2) is 0 Å². The number of aromatic nitrogens is 3. The Hall–Kier alpha value is -2.97. The van der Waals surface area contributed by atoms with Gasteiger partial charge in [-0.1, -0.05) is 30.3 Å². The maximum absolute atomic E-state index is 12.7. The summed E-state index contributed by atoms with van der Waals surface area (Å²) in [6.07, 6.45) is 1.10. The SMILES string of the molecule is COc1ccc(-c2n[nH]c(=S)n2CCC(=O)NC(Cc2ccccc2)CN(C)C)cc1. The Labute approximate surface area is 188 Å². The Balaban J connectivity index is 1.65. The number of carbonyl (C=O) groups is 1. The molecular weight excluding hydrogens is 410 g/mol. The molecule has 0 saturated heterocycles. The summed E-state index contributed by atoms with van der Waals surface area (Å²) in [6.45, 7) is 1.21. The van der Waals surface area contributed by atoms with Gasteiger partial charge in [-0.15, -0.1) is 0 Å². The van der Waals surface area contributed by atoms with Crippen molar-refractivity contribution in [2.45, 2.75) is 25.4 Å². The van der Waals surface area contributed by atoms with Crippen LogP contribution in [0.2, 0.25) is 0 Å². The molecule has 3 rings (SSSR count). The van der Waals surface area contributed by atoms with Crippen LogP contribution < -0.4 is 10.1 Å². The molecule has 1 unspecified atom stereocenters. The summed E-state index contributed by atoms with van der Waals surface area (Å²) in [5.41, 5.74) is 2.11. The number of methoxy groups -OCH3 is 1. The van der Waals surface area contributed by atoms with Gasteiger partial charge in [0.1, 0.15) is 5.75 Å². The minimum atomic E-state index is -0.00781. The molecule has 0 bridgehead atoms. The average Bonchev–Trinajstić information content (AvgIpc) is 3.13. The van der Waals surface area contributed by atoms with Gasteiger partial charge in [0.05, 0.1) is 7.11 Å². The van der Waals surface area contributed by atoms with Crippen LogP contribution in [0.4, 0.5) is 0 Å². The van der Waals surface area contributed by atoms with Crippen molar-refractivity contribution in [1.29, 1.82) is 0 Å². The maximum atomic E-state index is 12.7. The van der Waals surface area contributed by atoms with Crippen LogP contribution in [-0.4, -0.2) is 59.4 Å². The molecule has 0 aliphatic rings. The zero-order valence-electron chi connectivity index (χ0n) is 18.2. The summed E-state index contributed by atoms with van der Waals surface area (Å²) in [5, 5.41) is 10.4. The molecule has 0 fully saturated rings. The summed E-state index contributed by atoms with van der Waals surface area (Å²) >= 11 is 5.39. The van der Waals surface area contributed by atoms with Gasteiger partial charge in [0.2, 0.25) is 5.91 Å². The summed E-state index contributed by atoms with van der Waals surface area (Å²) in [4.78, 5) is 14.8. The van der Waals surface area contributed by atoms with Crippen LogP contribution in [0.15, 0.2) is 54.6 Å². The van der Waals surface area contributed by atoms with Crippen molar-refractivity contribution in [3.63, 3.8) is 0 Å². The molecule has 2 aromatic carbocycles. The highest BCUT2D eigenvalue weighted by Crippen LogP contribution is 2.21. The number of H-pyrrole nitrogens is 1. The molecule has 1 amide bonds. The third kappa shape index (κ3) is 6.50. The fraction of sp³-hybridized carbons (Fsp3) is 0.348. The van der Waals surface area contributed by atoms with Gasteiger partial charge in [-0.2, -0.15) is 5.10 Å². The Morgan fingerprint density at radius 2 is 1.90 bits per heavy atom. The number of likely N-dealkylation sites (N-methyl/N-ethyl adjacent to an activating group) is 1. The van der Waals surface area contributed by atoms with Crippen LogP contribution in [0.25, 0.3) is 11.4 Å². The molecule has 2 N–H and O–H groups in total. The number of hydrogen-bond acceptors (Lipinski definition) is 5. The van der Waals surface area contributed by atoms with E-state index in [0.29, 0.717) is 23.6 Å². The first-order valence-corrected chi connectivity index (χ1v) is 10.6. The first kappa shape index (κ1) is 22.7. The molecule has 1 aromatic heterocycles. The number of nitrogens with one attached hydrogen (secondary N) is 2. The van der Waals surface area contributed by atoms with Crippen molar-refractivity contribution in [1.82, 2.24) is 25.0 Å². The second kappa shape index (κ2) is 10.9. The third-order valence-electron chi connectivity index (χ3n) is 4.94. The van der Waals surface area contributed by atoms with Crippen molar-refractivity contribution in [2.24, 2.45) is 0 Å². The first-order chi connectivity index (χ1) is 15.0. The zero-order valence-corrected chi connectivity index (χ0v) is 19.0. The van der Waals surface area contributed by atoms with E-state index in [0.717, 1.165) is 24.3 Å². The van der Waals surface area contributed by atoms with Gasteiger partial charge in [-0.05, 0) is 62.6 Å². The standard InChI is InChI=1S/C23H29N5O2S/c1-27(2)16-19(15-17-7-5-4-6-8-17)24-21(29)13-14-28-22(25-26-23(28)31)18-9-11-20(30-3)12-10-18/h4-12,19H,13-16H2,1-3H3,(H,24,29)(H,26,31). The predicted octanol–water partition coefficient (Wildman–Crippen LogP) is 3.30. The van der Waals surface area contributed by atoms with Crippen molar-refractivity contribution in [2.75, 3.05) is 27.7 Å². The fourth-order valence-corrected chi connectivity index (χ4v) is 3.72. The summed E-state index contributed by atoms with van der Waals surface area (Å²) in [6, 6.07) is 17.8. The van der Waals surface area contributed by atoms with Gasteiger partial charge >= 0.3 is 0 Å². The lowest BCUT2D eigenvalue weighted by atomic mass is 10.1. The number of hydrogen-bond donors (Lipinski definition) is 2. The minimum Gasteiger partial charge on any atom is -0.497 e. The average molecular weight is 440 g/mol. The van der Waals surface area contributed by atoms with Crippen LogP contribution >= 0.6 is 12.2 Å². The third-order valence-corrected chi connectivity index (χ3v) is 5.26. The van der Waals surface area contributed by atoms with Gasteiger partial charge in [0.25, 0.3) is 0 Å². The zero-order chi connectivity index (χ0) is 22.2. The molecule has 1 atom stereocenters. The van der Waals surface area contributed by atoms with E-state index in [2.05, 4.69) is 32.5 Å². The quantitative estimate of drug-likeness (QED) is 0.474. The predicted molar refractivity (Wildman–Crippen MR) is 125 cm³/mol. The van der Waals surface area contributed by atoms with Gasteiger partial charge in [0.15, 0.2) is 10.6 Å². The molecule has 0 spiro atoms. The Morgan fingerprint density at radius 1 is 1.19 bits per heavy atom. The van der Waals surface area contributed by atoms with Crippen LogP contribution in [0.3, 0.4) is 0 Å². The van der Waals surface area contributed by atoms with E-state index < -0.39 is 0 Å². The number of aromatic amines is 1. The lowest BCUT2D eigenvalue weighted by Crippen LogP contribution is -2.43. The molecule has 31 heavy (non-hydrogen) atoms. The second-order valence-corrected chi connectivity index (χ2v) is 8.09. The lowest BCUT2D eigenvalue weighted by molar-refractivity contribution is -0.122. The smallest absolute Gasteiger partial charge is 0.222 e. The van der Waals surface area contributed by atoms with E-state index in [1.54, 1.807) is 7.11 Å². The molecule has 0 aliphatic heterocycles. The molecule has 7 nitrogen and oxygen atoms in total. The molecular formula is C23H29N5O2S. The van der Waals surface area contributed by atoms with E-state index in [1.165, 1.54) is 5.56 Å². The van der Waals surface area contributed by atoms with Crippen LogP contribution in [0, 0.1) is 4.77 Å². The number of amides is 1. The van der Waals surface area contributed by atoms with Gasteiger partial charge in [-0.3, -0.25) is 14.5 Å². The van der Waals surface area contributed by atoms with Crippen LogP contribution in [0.5, 0.6) is 5.75 Å². The lowest BCUT2D eigenvalue weighted by Gasteiger charge is -2.22. The van der Waals surface area contributed by atoms with E-state index in [4.69, 9.17) is 17.0 Å². The second-order valence-electron chi connectivity index (χ2n) is 7.70. The Morgan fingerprint density at radius 3 is 2.55 bits per heavy atom. The number of ether oxygens (including phenoxy) is 1. The van der Waals surface area contributed by atoms with Crippen molar-refractivity contribution >= 4 is 18.1 Å². The van der Waals surface area contributed by atoms with Crippen LogP contribution in [0.1, 0.15) is 12.0 Å². The fourth-order valence-electron chi connectivity index (χ4n) is 3.50. The van der Waals surface area contributed by atoms with E-state index in [9.17, 15) is 4.79 Å². The van der Waals surface area contributed by atoms with E-state index in [1.807, 2.05) is 61.1 Å². The number of benzene rings is 2. The largest absolute Gasteiger partial charge is 0.497 e. The topological polar surface area (TPSA) is 75.2 Å². The van der Waals surface area contributed by atoms with E-state index >= 15 is 0 Å². The monoisotopic (exact) mass is 439 g/mol. The Bertz CT molecular complexity index is 1030. The maximum Gasteiger partial charge on any atom is 0.222 e. The highest BCUT2D eigenvalue weighted by molar-refractivity contribution is 7.71. The molecule has 0 radical (unpaired) electrons. The normalized spacial score (nSPS) is 12.0. The van der Waals surface area contributed by atoms with Crippen molar-refractivity contribution < 1.29 is 9.53 Å². The minimum absolute atomic E-state index is 0.00781. The van der Waals surface area contributed by atoms with Crippen molar-refractivity contribution in [3.8, 4) is 17.1 Å². The highest BCUT2D eigenvalue weighted by Gasteiger charge is 2.16. The number of nitrogens with zero attached hydrogens (tertiary/aromatic N) is 3. The van der Waals surface area contributed by atoms with E-state index in [-0.39, 0.29) is 11.9 Å². The number of rotatable bonds is 10.